The largest absolute Gasteiger partial charge is 0.390 e. The normalized spacial score (nSPS) is 11.7. The summed E-state index contributed by atoms with van der Waals surface area (Å²) in [4.78, 5) is 23.8. The molecule has 0 radical (unpaired) electrons. The van der Waals surface area contributed by atoms with Crippen molar-refractivity contribution < 1.29 is 18.0 Å². The number of fused-ring (bicyclic) bond motifs is 1. The van der Waals surface area contributed by atoms with E-state index in [1.807, 2.05) is 0 Å². The molecule has 0 aliphatic rings. The molecule has 0 fully saturated rings. The van der Waals surface area contributed by atoms with E-state index < -0.39 is 25.0 Å². The number of carbonyl (C=O) groups excluding carboxylic acids is 1. The van der Waals surface area contributed by atoms with E-state index in [9.17, 15) is 22.8 Å². The highest BCUT2D eigenvalue weighted by molar-refractivity contribution is 5.99. The van der Waals surface area contributed by atoms with Gasteiger partial charge in [0.15, 0.2) is 0 Å². The molecule has 0 aliphatic heterocycles. The van der Waals surface area contributed by atoms with Gasteiger partial charge in [0.2, 0.25) is 0 Å². The first-order valence-corrected chi connectivity index (χ1v) is 9.25. The minimum atomic E-state index is -4.34. The van der Waals surface area contributed by atoms with Gasteiger partial charge in [0, 0.05) is 29.3 Å². The van der Waals surface area contributed by atoms with Crippen molar-refractivity contribution in [2.75, 3.05) is 0 Å². The van der Waals surface area contributed by atoms with E-state index in [1.165, 1.54) is 6.20 Å². The van der Waals surface area contributed by atoms with Gasteiger partial charge < -0.3 is 5.73 Å². The number of hydrogen-bond acceptors (Lipinski definition) is 4. The molecule has 0 spiro atoms. The van der Waals surface area contributed by atoms with Crippen LogP contribution in [0, 0.1) is 0 Å². The van der Waals surface area contributed by atoms with Gasteiger partial charge in [-0.05, 0) is 6.07 Å². The Morgan fingerprint density at radius 3 is 2.23 bits per heavy atom. The van der Waals surface area contributed by atoms with Crippen molar-refractivity contribution in [1.82, 2.24) is 20.0 Å². The average Bonchev–Trinajstić information content (AvgIpc) is 3.17. The minimum Gasteiger partial charge on any atom is -0.365 e. The lowest BCUT2D eigenvalue weighted by Crippen LogP contribution is -2.13. The van der Waals surface area contributed by atoms with Crippen molar-refractivity contribution in [3.63, 3.8) is 0 Å². The number of rotatable bonds is 5. The third-order valence-electron chi connectivity index (χ3n) is 4.78. The molecule has 0 bridgehead atoms. The van der Waals surface area contributed by atoms with E-state index >= 15 is 0 Å². The lowest BCUT2D eigenvalue weighted by atomic mass is 10.0. The van der Waals surface area contributed by atoms with E-state index in [-0.39, 0.29) is 16.8 Å². The van der Waals surface area contributed by atoms with Crippen LogP contribution in [-0.2, 0) is 6.54 Å². The maximum Gasteiger partial charge on any atom is 0.390 e. The highest BCUT2D eigenvalue weighted by Gasteiger charge is 2.27. The Labute approximate surface area is 173 Å². The third-order valence-corrected chi connectivity index (χ3v) is 4.78. The van der Waals surface area contributed by atoms with Gasteiger partial charge in [0.05, 0.1) is 23.1 Å². The molecule has 1 amide bonds. The molecule has 2 aromatic carbocycles. The summed E-state index contributed by atoms with van der Waals surface area (Å²) in [5.74, 6) is -0.786. The van der Waals surface area contributed by atoms with Gasteiger partial charge in [-0.3, -0.25) is 14.3 Å². The monoisotopic (exact) mass is 427 g/mol. The number of alkyl halides is 3. The summed E-state index contributed by atoms with van der Waals surface area (Å²) in [7, 11) is 0. The number of nitrogens with zero attached hydrogens (tertiary/aromatic N) is 3. The van der Waals surface area contributed by atoms with Crippen LogP contribution in [0.15, 0.2) is 59.5 Å². The molecule has 2 aromatic heterocycles. The third kappa shape index (κ3) is 4.18. The van der Waals surface area contributed by atoms with Gasteiger partial charge in [0.1, 0.15) is 5.69 Å². The van der Waals surface area contributed by atoms with Crippen LogP contribution in [0.2, 0.25) is 0 Å². The number of benzene rings is 2. The smallest absolute Gasteiger partial charge is 0.365 e. The molecule has 4 rings (SSSR count). The predicted molar refractivity (Wildman–Crippen MR) is 108 cm³/mol. The zero-order valence-corrected chi connectivity index (χ0v) is 16.0. The van der Waals surface area contributed by atoms with Crippen LogP contribution >= 0.6 is 0 Å². The molecule has 0 saturated heterocycles. The van der Waals surface area contributed by atoms with Crippen molar-refractivity contribution >= 4 is 16.7 Å². The fourth-order valence-corrected chi connectivity index (χ4v) is 3.29. The van der Waals surface area contributed by atoms with Crippen LogP contribution in [0.5, 0.6) is 0 Å². The van der Waals surface area contributed by atoms with Crippen LogP contribution in [0.3, 0.4) is 0 Å². The second-order valence-corrected chi connectivity index (χ2v) is 6.91. The molecule has 2 heterocycles. The first-order chi connectivity index (χ1) is 14.7. The summed E-state index contributed by atoms with van der Waals surface area (Å²) in [6.07, 6.45) is -4.20. The van der Waals surface area contributed by atoms with E-state index in [0.29, 0.717) is 27.6 Å². The standard InChI is InChI=1S/C21H16F3N5O2/c22-21(23,24)9-10-29-11-16(19(25)30)18(28-29)13-7-5-12(6-8-13)17-14-3-1-2-4-15(14)20(31)27-26-17/h1-8,11H,9-10H2,(H2,25,30)(H,27,31). The molecule has 0 atom stereocenters. The maximum atomic E-state index is 12.5. The Hall–Kier alpha value is -3.95. The molecule has 7 nitrogen and oxygen atoms in total. The minimum absolute atomic E-state index is 0.0301. The molecule has 10 heteroatoms. The van der Waals surface area contributed by atoms with Crippen molar-refractivity contribution in [3.05, 3.63) is 70.6 Å². The van der Waals surface area contributed by atoms with Gasteiger partial charge in [-0.1, -0.05) is 42.5 Å². The summed E-state index contributed by atoms with van der Waals surface area (Å²) in [5.41, 5.74) is 7.09. The number of aromatic amines is 1. The molecule has 31 heavy (non-hydrogen) atoms. The van der Waals surface area contributed by atoms with Crippen molar-refractivity contribution in [2.24, 2.45) is 5.73 Å². The average molecular weight is 427 g/mol. The SMILES string of the molecule is NC(=O)c1cn(CCC(F)(F)F)nc1-c1ccc(-c2n[nH]c(=O)c3ccccc23)cc1. The van der Waals surface area contributed by atoms with E-state index in [1.54, 1.807) is 48.5 Å². The Kier molecular flexibility index (Phi) is 5.05. The summed E-state index contributed by atoms with van der Waals surface area (Å²) in [6, 6.07) is 13.8. The Balaban J connectivity index is 1.71. The summed E-state index contributed by atoms with van der Waals surface area (Å²) in [6.45, 7) is -0.421. The van der Waals surface area contributed by atoms with Gasteiger partial charge in [-0.15, -0.1) is 0 Å². The van der Waals surface area contributed by atoms with Crippen LogP contribution in [0.1, 0.15) is 16.8 Å². The van der Waals surface area contributed by atoms with Gasteiger partial charge >= 0.3 is 6.18 Å². The molecule has 3 N–H and O–H groups in total. The Morgan fingerprint density at radius 1 is 1.00 bits per heavy atom. The summed E-state index contributed by atoms with van der Waals surface area (Å²) < 4.78 is 38.6. The van der Waals surface area contributed by atoms with Gasteiger partial charge in [-0.25, -0.2) is 5.10 Å². The lowest BCUT2D eigenvalue weighted by Gasteiger charge is -2.07. The topological polar surface area (TPSA) is 107 Å². The highest BCUT2D eigenvalue weighted by Crippen LogP contribution is 2.28. The van der Waals surface area contributed by atoms with E-state index in [4.69, 9.17) is 5.73 Å². The predicted octanol–water partition coefficient (Wildman–Crippen LogP) is 3.50. The number of H-pyrrole nitrogens is 1. The lowest BCUT2D eigenvalue weighted by molar-refractivity contribution is -0.137. The van der Waals surface area contributed by atoms with E-state index in [2.05, 4.69) is 15.3 Å². The number of carbonyl (C=O) groups is 1. The number of primary amides is 1. The number of amides is 1. The molecule has 158 valence electrons. The zero-order valence-electron chi connectivity index (χ0n) is 16.0. The molecule has 0 unspecified atom stereocenters. The fourth-order valence-electron chi connectivity index (χ4n) is 3.29. The van der Waals surface area contributed by atoms with Crippen molar-refractivity contribution in [3.8, 4) is 22.5 Å². The van der Waals surface area contributed by atoms with Gasteiger partial charge in [0.25, 0.3) is 11.5 Å². The number of aromatic nitrogens is 4. The molecule has 4 aromatic rings. The zero-order chi connectivity index (χ0) is 22.2. The molecular weight excluding hydrogens is 411 g/mol. The van der Waals surface area contributed by atoms with Gasteiger partial charge in [-0.2, -0.15) is 23.4 Å². The van der Waals surface area contributed by atoms with E-state index in [0.717, 1.165) is 4.68 Å². The first-order valence-electron chi connectivity index (χ1n) is 9.25. The van der Waals surface area contributed by atoms with Crippen LogP contribution < -0.4 is 11.3 Å². The fraction of sp³-hybridized carbons (Fsp3) is 0.143. The first kappa shape index (κ1) is 20.3. The number of aryl methyl sites for hydroxylation is 1. The second-order valence-electron chi connectivity index (χ2n) is 6.91. The number of hydrogen-bond donors (Lipinski definition) is 2. The van der Waals surface area contributed by atoms with Crippen LogP contribution in [0.25, 0.3) is 33.3 Å². The Bertz CT molecular complexity index is 1320. The number of nitrogens with one attached hydrogen (secondary N) is 1. The quantitative estimate of drug-likeness (QED) is 0.508. The summed E-state index contributed by atoms with van der Waals surface area (Å²) in [5, 5.41) is 11.9. The highest BCUT2D eigenvalue weighted by atomic mass is 19.4. The van der Waals surface area contributed by atoms with Crippen LogP contribution in [-0.4, -0.2) is 32.1 Å². The van der Waals surface area contributed by atoms with Crippen molar-refractivity contribution in [1.29, 1.82) is 0 Å². The second kappa shape index (κ2) is 7.71. The maximum absolute atomic E-state index is 12.5. The van der Waals surface area contributed by atoms with Crippen LogP contribution in [0.4, 0.5) is 13.2 Å². The number of nitrogens with two attached hydrogens (primary N) is 1. The molecular formula is C21H16F3N5O2. The molecule has 0 aliphatic carbocycles. The molecule has 0 saturated carbocycles. The van der Waals surface area contributed by atoms with Crippen molar-refractivity contribution in [2.45, 2.75) is 19.1 Å². The summed E-state index contributed by atoms with van der Waals surface area (Å²) >= 11 is 0. The Morgan fingerprint density at radius 2 is 1.61 bits per heavy atom. The number of halogens is 3.